The molecule has 1 heterocycles. The molecule has 0 fully saturated rings. The number of carbonyl (C=O) groups excluding carboxylic acids is 1. The van der Waals surface area contributed by atoms with Crippen LogP contribution in [0.25, 0.3) is 0 Å². The van der Waals surface area contributed by atoms with E-state index in [1.807, 2.05) is 38.1 Å². The number of amides is 1. The molecule has 32 heavy (non-hydrogen) atoms. The fourth-order valence-corrected chi connectivity index (χ4v) is 4.21. The molecule has 0 unspecified atom stereocenters. The van der Waals surface area contributed by atoms with Gasteiger partial charge in [0.15, 0.2) is 0 Å². The van der Waals surface area contributed by atoms with Gasteiger partial charge >= 0.3 is 10.2 Å². The number of hydrogen-bond acceptors (Lipinski definition) is 8. The number of nitrogens with one attached hydrogen (secondary N) is 1. The van der Waals surface area contributed by atoms with Crippen LogP contribution in [0.4, 0.5) is 15.3 Å². The van der Waals surface area contributed by atoms with Crippen molar-refractivity contribution in [3.05, 3.63) is 53.6 Å². The van der Waals surface area contributed by atoms with Gasteiger partial charge in [0.2, 0.25) is 17.8 Å². The molecule has 170 valence electrons. The molecule has 1 aliphatic heterocycles. The first kappa shape index (κ1) is 23.2. The number of nitrogens with zero attached hydrogens (tertiary/aromatic N) is 3. The molecule has 0 saturated carbocycles. The first-order chi connectivity index (χ1) is 14.9. The van der Waals surface area contributed by atoms with Crippen LogP contribution in [-0.4, -0.2) is 31.9 Å². The number of hydrogen-bond donors (Lipinski definition) is 3. The topological polar surface area (TPSA) is 143 Å². The van der Waals surface area contributed by atoms with E-state index in [0.717, 1.165) is 17.3 Å². The van der Waals surface area contributed by atoms with E-state index in [1.165, 1.54) is 19.1 Å². The third-order valence-corrected chi connectivity index (χ3v) is 5.93. The molecule has 2 aromatic carbocycles. The first-order valence-corrected chi connectivity index (χ1v) is 11.2. The fraction of sp³-hybridized carbons (Fsp3) is 0.286. The van der Waals surface area contributed by atoms with E-state index in [9.17, 15) is 17.1 Å². The van der Waals surface area contributed by atoms with Crippen LogP contribution in [0.15, 0.2) is 57.3 Å². The van der Waals surface area contributed by atoms with Gasteiger partial charge < -0.3 is 16.8 Å². The molecule has 0 aliphatic carbocycles. The predicted octanol–water partition coefficient (Wildman–Crippen LogP) is 2.41. The van der Waals surface area contributed by atoms with Crippen LogP contribution in [0.5, 0.6) is 0 Å². The predicted molar refractivity (Wildman–Crippen MR) is 123 cm³/mol. The van der Waals surface area contributed by atoms with Gasteiger partial charge in [0.1, 0.15) is 10.6 Å². The Labute approximate surface area is 186 Å². The van der Waals surface area contributed by atoms with Gasteiger partial charge in [-0.2, -0.15) is 13.4 Å². The van der Waals surface area contributed by atoms with Crippen LogP contribution >= 0.6 is 0 Å². The number of guanidine groups is 2. The van der Waals surface area contributed by atoms with Gasteiger partial charge in [-0.3, -0.25) is 9.69 Å². The Hall–Kier alpha value is -3.47. The van der Waals surface area contributed by atoms with E-state index in [-0.39, 0.29) is 35.5 Å². The standard InChI is InChI=1S/C21H25FN6O3S/c1-13-4-8-15(12-17(13)32(22,30)31)25-18(29)11-7-14-5-9-16(10-6-14)28-20(24)26-19(23)27-21(28,2)3/h4-6,8-10,12H,7,11H2,1-3H3,(H,25,29)(H4,23,24,26,27). The molecule has 0 bridgehead atoms. The number of aliphatic imine (C=N–C) groups is 2. The molecule has 1 aliphatic rings. The van der Waals surface area contributed by atoms with Gasteiger partial charge in [-0.15, -0.1) is 3.89 Å². The van der Waals surface area contributed by atoms with Crippen LogP contribution in [-0.2, 0) is 21.4 Å². The average molecular weight is 461 g/mol. The lowest BCUT2D eigenvalue weighted by molar-refractivity contribution is -0.116. The van der Waals surface area contributed by atoms with Gasteiger partial charge in [-0.05, 0) is 62.6 Å². The smallest absolute Gasteiger partial charge is 0.332 e. The molecule has 0 spiro atoms. The lowest BCUT2D eigenvalue weighted by Gasteiger charge is -2.38. The van der Waals surface area contributed by atoms with E-state index in [0.29, 0.717) is 6.42 Å². The minimum absolute atomic E-state index is 0.121. The Morgan fingerprint density at radius 2 is 1.81 bits per heavy atom. The second kappa shape index (κ2) is 8.58. The Bertz CT molecular complexity index is 1210. The zero-order chi connectivity index (χ0) is 23.7. The van der Waals surface area contributed by atoms with Crippen molar-refractivity contribution in [3.63, 3.8) is 0 Å². The summed E-state index contributed by atoms with van der Waals surface area (Å²) in [6, 6.07) is 11.5. The maximum atomic E-state index is 13.4. The number of halogens is 1. The minimum atomic E-state index is -4.86. The highest BCUT2D eigenvalue weighted by atomic mass is 32.3. The van der Waals surface area contributed by atoms with Gasteiger partial charge in [0, 0.05) is 17.8 Å². The quantitative estimate of drug-likeness (QED) is 0.565. The molecule has 3 rings (SSSR count). The fourth-order valence-electron chi connectivity index (χ4n) is 3.48. The Kier molecular flexibility index (Phi) is 6.22. The largest absolute Gasteiger partial charge is 0.369 e. The lowest BCUT2D eigenvalue weighted by Crippen LogP contribution is -2.54. The summed E-state index contributed by atoms with van der Waals surface area (Å²) in [5, 5.41) is 2.60. The molecular weight excluding hydrogens is 435 g/mol. The molecule has 0 radical (unpaired) electrons. The summed E-state index contributed by atoms with van der Waals surface area (Å²) in [5.41, 5.74) is 13.2. The lowest BCUT2D eigenvalue weighted by atomic mass is 10.1. The van der Waals surface area contributed by atoms with Crippen molar-refractivity contribution in [2.24, 2.45) is 21.5 Å². The van der Waals surface area contributed by atoms with Gasteiger partial charge in [0.05, 0.1) is 0 Å². The summed E-state index contributed by atoms with van der Waals surface area (Å²) in [6.07, 6.45) is 0.606. The Balaban J connectivity index is 1.64. The van der Waals surface area contributed by atoms with Crippen molar-refractivity contribution in [2.75, 3.05) is 10.2 Å². The third-order valence-electron chi connectivity index (χ3n) is 4.96. The highest BCUT2D eigenvalue weighted by molar-refractivity contribution is 7.86. The monoisotopic (exact) mass is 460 g/mol. The van der Waals surface area contributed by atoms with Gasteiger partial charge in [0.25, 0.3) is 0 Å². The Morgan fingerprint density at radius 3 is 2.41 bits per heavy atom. The third kappa shape index (κ3) is 5.22. The van der Waals surface area contributed by atoms with Crippen LogP contribution in [0.2, 0.25) is 0 Å². The SMILES string of the molecule is Cc1ccc(NC(=O)CCc2ccc(N3C(N)=NC(N)=NC3(C)C)cc2)cc1S(=O)(=O)F. The molecule has 5 N–H and O–H groups in total. The zero-order valence-corrected chi connectivity index (χ0v) is 18.8. The summed E-state index contributed by atoms with van der Waals surface area (Å²) in [6.45, 7) is 5.21. The molecule has 1 amide bonds. The maximum Gasteiger partial charge on any atom is 0.332 e. The van der Waals surface area contributed by atoms with E-state index < -0.39 is 20.8 Å². The summed E-state index contributed by atoms with van der Waals surface area (Å²) < 4.78 is 35.8. The molecule has 0 aromatic heterocycles. The maximum absolute atomic E-state index is 13.4. The molecule has 0 saturated heterocycles. The summed E-state index contributed by atoms with van der Waals surface area (Å²) in [5.74, 6) is 0.0390. The van der Waals surface area contributed by atoms with Gasteiger partial charge in [-0.25, -0.2) is 4.99 Å². The average Bonchev–Trinajstić information content (AvgIpc) is 2.66. The summed E-state index contributed by atoms with van der Waals surface area (Å²) in [7, 11) is -4.86. The number of aryl methyl sites for hydroxylation is 2. The zero-order valence-electron chi connectivity index (χ0n) is 18.0. The normalized spacial score (nSPS) is 15.7. The van der Waals surface area contributed by atoms with E-state index in [1.54, 1.807) is 4.90 Å². The molecular formula is C21H25FN6O3S. The van der Waals surface area contributed by atoms with E-state index in [2.05, 4.69) is 15.3 Å². The van der Waals surface area contributed by atoms with Crippen molar-refractivity contribution in [2.45, 2.75) is 44.2 Å². The second-order valence-corrected chi connectivity index (χ2v) is 9.22. The van der Waals surface area contributed by atoms with Crippen molar-refractivity contribution in [1.29, 1.82) is 0 Å². The van der Waals surface area contributed by atoms with Crippen molar-refractivity contribution >= 4 is 39.4 Å². The van der Waals surface area contributed by atoms with E-state index in [4.69, 9.17) is 11.5 Å². The molecule has 0 atom stereocenters. The molecule has 9 nitrogen and oxygen atoms in total. The number of benzene rings is 2. The van der Waals surface area contributed by atoms with Crippen molar-refractivity contribution < 1.29 is 17.1 Å². The minimum Gasteiger partial charge on any atom is -0.369 e. The van der Waals surface area contributed by atoms with Crippen molar-refractivity contribution in [1.82, 2.24) is 0 Å². The molecule has 11 heteroatoms. The van der Waals surface area contributed by atoms with Crippen molar-refractivity contribution in [3.8, 4) is 0 Å². The highest BCUT2D eigenvalue weighted by Gasteiger charge is 2.32. The number of carbonyl (C=O) groups is 1. The number of rotatable bonds is 6. The van der Waals surface area contributed by atoms with Crippen LogP contribution in [0.3, 0.4) is 0 Å². The first-order valence-electron chi connectivity index (χ1n) is 9.80. The summed E-state index contributed by atoms with van der Waals surface area (Å²) >= 11 is 0. The van der Waals surface area contributed by atoms with Crippen LogP contribution in [0, 0.1) is 6.92 Å². The second-order valence-electron chi connectivity index (χ2n) is 7.90. The van der Waals surface area contributed by atoms with Crippen LogP contribution < -0.4 is 21.7 Å². The van der Waals surface area contributed by atoms with E-state index >= 15 is 0 Å². The van der Waals surface area contributed by atoms with Gasteiger partial charge in [-0.1, -0.05) is 18.2 Å². The number of nitrogens with two attached hydrogens (primary N) is 2. The Morgan fingerprint density at radius 1 is 1.16 bits per heavy atom. The molecule has 2 aromatic rings. The number of anilines is 2. The van der Waals surface area contributed by atoms with Crippen LogP contribution in [0.1, 0.15) is 31.4 Å². The highest BCUT2D eigenvalue weighted by Crippen LogP contribution is 2.28. The summed E-state index contributed by atoms with van der Waals surface area (Å²) in [4.78, 5) is 21.9.